The Morgan fingerprint density at radius 2 is 1.69 bits per heavy atom. The lowest BCUT2D eigenvalue weighted by atomic mass is 9.79. The van der Waals surface area contributed by atoms with Crippen LogP contribution in [-0.4, -0.2) is 22.0 Å². The third-order valence-electron chi connectivity index (χ3n) is 5.89. The van der Waals surface area contributed by atoms with Crippen LogP contribution in [0.2, 0.25) is 0 Å². The summed E-state index contributed by atoms with van der Waals surface area (Å²) in [6, 6.07) is 17.8. The van der Waals surface area contributed by atoms with Crippen LogP contribution in [0.15, 0.2) is 54.6 Å². The summed E-state index contributed by atoms with van der Waals surface area (Å²) in [5.41, 5.74) is 4.65. The first-order valence-electron chi connectivity index (χ1n) is 10.6. The second-order valence-electron chi connectivity index (χ2n) is 7.92. The molecule has 0 amide bonds. The van der Waals surface area contributed by atoms with E-state index >= 15 is 0 Å². The molecule has 160 valence electrons. The molecule has 1 aromatic carbocycles. The van der Waals surface area contributed by atoms with E-state index in [0.29, 0.717) is 11.4 Å². The molecule has 5 heteroatoms. The highest BCUT2D eigenvalue weighted by atomic mass is 16.5. The van der Waals surface area contributed by atoms with Crippen molar-refractivity contribution in [3.8, 4) is 23.5 Å². The Morgan fingerprint density at radius 1 is 1.06 bits per heavy atom. The molecule has 1 N–H and O–H groups in total. The van der Waals surface area contributed by atoms with E-state index in [1.165, 1.54) is 11.1 Å². The Labute approximate surface area is 187 Å². The molecule has 5 rings (SSSR count). The molecule has 32 heavy (non-hydrogen) atoms. The molecule has 3 aliphatic carbocycles. The van der Waals surface area contributed by atoms with E-state index < -0.39 is 11.9 Å². The maximum absolute atomic E-state index is 12.8. The molecule has 5 nitrogen and oxygen atoms in total. The van der Waals surface area contributed by atoms with Crippen molar-refractivity contribution in [2.24, 2.45) is 0 Å². The SMILES string of the molecule is C#Cc1c(C(=O)O)c(C)nc(C2CCC2)c1C(=O)OCc1ccccc1.c1cc2ccc1-2. The Morgan fingerprint density at radius 3 is 2.12 bits per heavy atom. The summed E-state index contributed by atoms with van der Waals surface area (Å²) in [6.07, 6.45) is 8.44. The van der Waals surface area contributed by atoms with E-state index in [4.69, 9.17) is 11.2 Å². The van der Waals surface area contributed by atoms with Crippen molar-refractivity contribution in [2.45, 2.75) is 38.7 Å². The summed E-state index contributed by atoms with van der Waals surface area (Å²) in [5.74, 6) is 0.681. The minimum Gasteiger partial charge on any atom is -0.478 e. The fraction of sp³-hybridized carbons (Fsp3) is 0.222. The lowest BCUT2D eigenvalue weighted by Crippen LogP contribution is -2.22. The number of aromatic nitrogens is 1. The average Bonchev–Trinajstić information content (AvgIpc) is 2.73. The number of esters is 1. The third kappa shape index (κ3) is 4.13. The number of pyridine rings is 1. The van der Waals surface area contributed by atoms with Crippen LogP contribution >= 0.6 is 0 Å². The van der Waals surface area contributed by atoms with Gasteiger partial charge in [-0.05, 0) is 36.5 Å². The number of hydrogen-bond acceptors (Lipinski definition) is 4. The molecular formula is C27H23NO4. The highest BCUT2D eigenvalue weighted by molar-refractivity contribution is 6.00. The molecule has 0 spiro atoms. The van der Waals surface area contributed by atoms with Crippen LogP contribution in [0, 0.1) is 19.3 Å². The van der Waals surface area contributed by atoms with Gasteiger partial charge in [-0.2, -0.15) is 0 Å². The standard InChI is InChI=1S/C21H19NO4.C6H4/c1-3-16-17(20(23)24)13(2)22-19(15-10-7-11-15)18(16)21(25)26-12-14-8-5-4-6-9-14;1-2-6-4-3-5(1)6/h1,4-6,8-9,15H,7,10-12H2,2H3,(H,23,24);1-4H. The number of terminal acetylenes is 1. The zero-order chi connectivity index (χ0) is 22.7. The first-order valence-corrected chi connectivity index (χ1v) is 10.6. The van der Waals surface area contributed by atoms with E-state index in [2.05, 4.69) is 35.2 Å². The van der Waals surface area contributed by atoms with Gasteiger partial charge in [0, 0.05) is 5.92 Å². The summed E-state index contributed by atoms with van der Waals surface area (Å²) < 4.78 is 5.42. The van der Waals surface area contributed by atoms with E-state index in [0.717, 1.165) is 24.8 Å². The minimum atomic E-state index is -1.19. The molecule has 0 bridgehead atoms. The summed E-state index contributed by atoms with van der Waals surface area (Å²) in [6.45, 7) is 1.69. The van der Waals surface area contributed by atoms with Gasteiger partial charge in [0.2, 0.25) is 0 Å². The number of carboxylic acid groups (broad SMARTS) is 1. The molecular weight excluding hydrogens is 402 g/mol. The maximum atomic E-state index is 12.8. The number of fused-ring (bicyclic) bond motifs is 1. The summed E-state index contributed by atoms with van der Waals surface area (Å²) in [7, 11) is 0. The first kappa shape index (κ1) is 21.3. The van der Waals surface area contributed by atoms with E-state index in [1.54, 1.807) is 6.92 Å². The number of ether oxygens (including phenoxy) is 1. The summed E-state index contributed by atoms with van der Waals surface area (Å²) in [5, 5.41) is 9.50. The Hall–Kier alpha value is -3.91. The number of hydrogen-bond donors (Lipinski definition) is 1. The normalized spacial score (nSPS) is 13.1. The fourth-order valence-corrected chi connectivity index (χ4v) is 3.77. The molecule has 2 aromatic rings. The molecule has 0 unspecified atom stereocenters. The van der Waals surface area contributed by atoms with E-state index in [1.807, 2.05) is 30.3 Å². The lowest BCUT2D eigenvalue weighted by Gasteiger charge is -2.27. The molecule has 1 saturated carbocycles. The van der Waals surface area contributed by atoms with Gasteiger partial charge in [0.15, 0.2) is 0 Å². The number of aryl methyl sites for hydroxylation is 1. The molecule has 0 saturated heterocycles. The van der Waals surface area contributed by atoms with Crippen LogP contribution in [-0.2, 0) is 11.3 Å². The van der Waals surface area contributed by atoms with Gasteiger partial charge in [-0.15, -0.1) is 6.42 Å². The van der Waals surface area contributed by atoms with Crippen LogP contribution in [0.1, 0.15) is 68.4 Å². The van der Waals surface area contributed by atoms with Crippen molar-refractivity contribution >= 4 is 11.9 Å². The highest BCUT2D eigenvalue weighted by Crippen LogP contribution is 2.39. The van der Waals surface area contributed by atoms with Gasteiger partial charge in [-0.1, -0.05) is 66.9 Å². The van der Waals surface area contributed by atoms with Gasteiger partial charge in [-0.3, -0.25) is 4.98 Å². The quantitative estimate of drug-likeness (QED) is 0.344. The zero-order valence-electron chi connectivity index (χ0n) is 17.8. The number of carboxylic acids is 1. The predicted octanol–water partition coefficient (Wildman–Crippen LogP) is 5.36. The number of aromatic carboxylic acids is 1. The van der Waals surface area contributed by atoms with Gasteiger partial charge in [0.05, 0.1) is 28.1 Å². The van der Waals surface area contributed by atoms with Crippen LogP contribution in [0.3, 0.4) is 0 Å². The van der Waals surface area contributed by atoms with Gasteiger partial charge in [-0.25, -0.2) is 9.59 Å². The molecule has 3 aliphatic rings. The van der Waals surface area contributed by atoms with Gasteiger partial charge < -0.3 is 9.84 Å². The maximum Gasteiger partial charge on any atom is 0.341 e. The Balaban J connectivity index is 0.000000346. The van der Waals surface area contributed by atoms with Gasteiger partial charge in [0.1, 0.15) is 6.61 Å². The summed E-state index contributed by atoms with van der Waals surface area (Å²) in [4.78, 5) is 28.9. The number of nitrogens with zero attached hydrogens (tertiary/aromatic N) is 1. The van der Waals surface area contributed by atoms with Crippen LogP contribution in [0.5, 0.6) is 0 Å². The summed E-state index contributed by atoms with van der Waals surface area (Å²) >= 11 is 0. The third-order valence-corrected chi connectivity index (χ3v) is 5.89. The molecule has 1 fully saturated rings. The van der Waals surface area contributed by atoms with Crippen molar-refractivity contribution in [3.63, 3.8) is 0 Å². The zero-order valence-corrected chi connectivity index (χ0v) is 17.8. The van der Waals surface area contributed by atoms with Crippen LogP contribution in [0.4, 0.5) is 0 Å². The van der Waals surface area contributed by atoms with Gasteiger partial charge >= 0.3 is 11.9 Å². The number of benzene rings is 2. The molecule has 0 aliphatic heterocycles. The average molecular weight is 425 g/mol. The molecule has 0 atom stereocenters. The first-order chi connectivity index (χ1) is 15.5. The molecule has 1 aromatic heterocycles. The largest absolute Gasteiger partial charge is 0.478 e. The van der Waals surface area contributed by atoms with Crippen molar-refractivity contribution in [1.82, 2.24) is 4.98 Å². The minimum absolute atomic E-state index is 0.0601. The van der Waals surface area contributed by atoms with Crippen molar-refractivity contribution in [3.05, 3.63) is 88.2 Å². The molecule has 0 radical (unpaired) electrons. The smallest absolute Gasteiger partial charge is 0.341 e. The number of carbonyl (C=O) groups is 2. The second kappa shape index (κ2) is 9.07. The van der Waals surface area contributed by atoms with Crippen LogP contribution in [0.25, 0.3) is 11.1 Å². The lowest BCUT2D eigenvalue weighted by molar-refractivity contribution is 0.0469. The monoisotopic (exact) mass is 425 g/mol. The van der Waals surface area contributed by atoms with Gasteiger partial charge in [0.25, 0.3) is 0 Å². The van der Waals surface area contributed by atoms with Crippen molar-refractivity contribution < 1.29 is 19.4 Å². The van der Waals surface area contributed by atoms with E-state index in [-0.39, 0.29) is 29.2 Å². The van der Waals surface area contributed by atoms with Crippen molar-refractivity contribution in [2.75, 3.05) is 0 Å². The van der Waals surface area contributed by atoms with Crippen LogP contribution < -0.4 is 0 Å². The number of rotatable bonds is 5. The fourth-order valence-electron chi connectivity index (χ4n) is 3.77. The molecule has 1 heterocycles. The van der Waals surface area contributed by atoms with E-state index in [9.17, 15) is 14.7 Å². The van der Waals surface area contributed by atoms with Crippen molar-refractivity contribution in [1.29, 1.82) is 0 Å². The number of carbonyl (C=O) groups excluding carboxylic acids is 1. The highest BCUT2D eigenvalue weighted by Gasteiger charge is 2.32. The topological polar surface area (TPSA) is 76.5 Å². The Bertz CT molecular complexity index is 1180. The second-order valence-corrected chi connectivity index (χ2v) is 7.92. The Kier molecular flexibility index (Phi) is 6.04. The predicted molar refractivity (Wildman–Crippen MR) is 121 cm³/mol.